The summed E-state index contributed by atoms with van der Waals surface area (Å²) in [6.07, 6.45) is 1.47. The molecule has 2 rings (SSSR count). The maximum atomic E-state index is 12.0. The molecule has 23 heavy (non-hydrogen) atoms. The van der Waals surface area contributed by atoms with E-state index in [-0.39, 0.29) is 30.1 Å². The zero-order valence-corrected chi connectivity index (χ0v) is 14.0. The van der Waals surface area contributed by atoms with E-state index in [1.54, 1.807) is 32.0 Å². The van der Waals surface area contributed by atoms with Gasteiger partial charge in [0.15, 0.2) is 5.82 Å². The Morgan fingerprint density at radius 3 is 2.70 bits per heavy atom. The maximum absolute atomic E-state index is 12.0. The molecule has 0 fully saturated rings. The molecule has 2 amide bonds. The Labute approximate surface area is 143 Å². The van der Waals surface area contributed by atoms with Crippen molar-refractivity contribution >= 4 is 46.5 Å². The molecule has 0 saturated heterocycles. The number of rotatable bonds is 5. The van der Waals surface area contributed by atoms with Gasteiger partial charge in [-0.05, 0) is 18.2 Å². The third-order valence-corrected chi connectivity index (χ3v) is 3.39. The summed E-state index contributed by atoms with van der Waals surface area (Å²) in [5, 5.41) is 13.6. The molecule has 0 saturated carbocycles. The van der Waals surface area contributed by atoms with Crippen LogP contribution in [-0.2, 0) is 16.1 Å². The van der Waals surface area contributed by atoms with E-state index < -0.39 is 0 Å². The minimum atomic E-state index is -0.346. The number of halogens is 2. The van der Waals surface area contributed by atoms with Crippen LogP contribution in [0.2, 0.25) is 10.0 Å². The van der Waals surface area contributed by atoms with Crippen LogP contribution in [0, 0.1) is 5.92 Å². The number of benzene rings is 1. The Morgan fingerprint density at radius 2 is 2.00 bits per heavy atom. The number of nitrogens with one attached hydrogen (secondary N) is 2. The Balaban J connectivity index is 1.97. The van der Waals surface area contributed by atoms with Crippen molar-refractivity contribution in [2.24, 2.45) is 5.92 Å². The molecule has 0 aliphatic heterocycles. The number of amides is 2. The number of carbonyl (C=O) groups is 2. The largest absolute Gasteiger partial charge is 0.323 e. The first-order valence-electron chi connectivity index (χ1n) is 6.81. The SMILES string of the molecule is CC(C)C(=O)Nc1cn(CC(=O)Nc2cc(Cl)ccc2Cl)nn1. The first-order chi connectivity index (χ1) is 10.8. The number of carbonyl (C=O) groups excluding carboxylic acids is 2. The van der Waals surface area contributed by atoms with E-state index in [1.165, 1.54) is 10.9 Å². The molecule has 1 aromatic heterocycles. The molecular formula is C14H15Cl2N5O2. The Morgan fingerprint density at radius 1 is 1.26 bits per heavy atom. The molecule has 122 valence electrons. The van der Waals surface area contributed by atoms with Gasteiger partial charge in [-0.2, -0.15) is 0 Å². The molecule has 0 atom stereocenters. The molecule has 9 heteroatoms. The van der Waals surface area contributed by atoms with Crippen LogP contribution in [-0.4, -0.2) is 26.8 Å². The highest BCUT2D eigenvalue weighted by Gasteiger charge is 2.12. The molecule has 0 unspecified atom stereocenters. The third kappa shape index (κ3) is 4.94. The lowest BCUT2D eigenvalue weighted by Crippen LogP contribution is -2.19. The van der Waals surface area contributed by atoms with Crippen molar-refractivity contribution in [3.8, 4) is 0 Å². The van der Waals surface area contributed by atoms with Crippen LogP contribution < -0.4 is 10.6 Å². The van der Waals surface area contributed by atoms with Crippen molar-refractivity contribution in [3.63, 3.8) is 0 Å². The highest BCUT2D eigenvalue weighted by molar-refractivity contribution is 6.35. The lowest BCUT2D eigenvalue weighted by molar-refractivity contribution is -0.119. The zero-order valence-electron chi connectivity index (χ0n) is 12.5. The van der Waals surface area contributed by atoms with E-state index in [4.69, 9.17) is 23.2 Å². The molecule has 1 heterocycles. The lowest BCUT2D eigenvalue weighted by Gasteiger charge is -2.07. The maximum Gasteiger partial charge on any atom is 0.246 e. The lowest BCUT2D eigenvalue weighted by atomic mass is 10.2. The summed E-state index contributed by atoms with van der Waals surface area (Å²) in [7, 11) is 0. The Kier molecular flexibility index (Phi) is 5.57. The molecule has 0 radical (unpaired) electrons. The molecule has 1 aromatic carbocycles. The molecule has 0 aliphatic rings. The van der Waals surface area contributed by atoms with Crippen LogP contribution in [0.3, 0.4) is 0 Å². The van der Waals surface area contributed by atoms with E-state index in [0.29, 0.717) is 15.7 Å². The van der Waals surface area contributed by atoms with Crippen molar-refractivity contribution in [1.29, 1.82) is 0 Å². The summed E-state index contributed by atoms with van der Waals surface area (Å²) < 4.78 is 1.31. The van der Waals surface area contributed by atoms with Gasteiger partial charge in [0.05, 0.1) is 16.9 Å². The van der Waals surface area contributed by atoms with Crippen molar-refractivity contribution in [2.75, 3.05) is 10.6 Å². The van der Waals surface area contributed by atoms with Crippen LogP contribution in [0.1, 0.15) is 13.8 Å². The molecular weight excluding hydrogens is 341 g/mol. The van der Waals surface area contributed by atoms with Gasteiger partial charge in [-0.3, -0.25) is 9.59 Å². The second-order valence-electron chi connectivity index (χ2n) is 5.12. The zero-order chi connectivity index (χ0) is 17.0. The molecule has 2 aromatic rings. The van der Waals surface area contributed by atoms with Crippen molar-refractivity contribution < 1.29 is 9.59 Å². The van der Waals surface area contributed by atoms with Gasteiger partial charge in [0.25, 0.3) is 0 Å². The first-order valence-corrected chi connectivity index (χ1v) is 7.56. The summed E-state index contributed by atoms with van der Waals surface area (Å²) in [6.45, 7) is 3.46. The van der Waals surface area contributed by atoms with Gasteiger partial charge in [-0.15, -0.1) is 5.10 Å². The second kappa shape index (κ2) is 7.43. The summed E-state index contributed by atoms with van der Waals surface area (Å²) in [5.74, 6) is -0.404. The van der Waals surface area contributed by atoms with E-state index in [1.807, 2.05) is 0 Å². The normalized spacial score (nSPS) is 10.7. The number of hydrogen-bond acceptors (Lipinski definition) is 4. The fourth-order valence-electron chi connectivity index (χ4n) is 1.63. The molecule has 0 aliphatic carbocycles. The predicted molar refractivity (Wildman–Crippen MR) is 88.6 cm³/mol. The summed E-state index contributed by atoms with van der Waals surface area (Å²) in [5.41, 5.74) is 0.414. The average Bonchev–Trinajstić information content (AvgIpc) is 2.89. The summed E-state index contributed by atoms with van der Waals surface area (Å²) >= 11 is 11.8. The van der Waals surface area contributed by atoms with Crippen LogP contribution >= 0.6 is 23.2 Å². The fourth-order valence-corrected chi connectivity index (χ4v) is 1.97. The summed E-state index contributed by atoms with van der Waals surface area (Å²) in [4.78, 5) is 23.6. The van der Waals surface area contributed by atoms with Gasteiger partial charge in [0.2, 0.25) is 11.8 Å². The summed E-state index contributed by atoms with van der Waals surface area (Å²) in [6, 6.07) is 4.77. The van der Waals surface area contributed by atoms with Crippen LogP contribution in [0.4, 0.5) is 11.5 Å². The van der Waals surface area contributed by atoms with Gasteiger partial charge in [-0.1, -0.05) is 42.3 Å². The van der Waals surface area contributed by atoms with Crippen molar-refractivity contribution in [3.05, 3.63) is 34.4 Å². The smallest absolute Gasteiger partial charge is 0.246 e. The van der Waals surface area contributed by atoms with Crippen LogP contribution in [0.25, 0.3) is 0 Å². The molecule has 2 N–H and O–H groups in total. The van der Waals surface area contributed by atoms with Crippen molar-refractivity contribution in [1.82, 2.24) is 15.0 Å². The van der Waals surface area contributed by atoms with Crippen LogP contribution in [0.15, 0.2) is 24.4 Å². The highest BCUT2D eigenvalue weighted by Crippen LogP contribution is 2.25. The van der Waals surface area contributed by atoms with E-state index >= 15 is 0 Å². The monoisotopic (exact) mass is 355 g/mol. The quantitative estimate of drug-likeness (QED) is 0.862. The topological polar surface area (TPSA) is 88.9 Å². The van der Waals surface area contributed by atoms with E-state index in [0.717, 1.165) is 0 Å². The Bertz CT molecular complexity index is 730. The second-order valence-corrected chi connectivity index (χ2v) is 5.96. The number of hydrogen-bond donors (Lipinski definition) is 2. The minimum Gasteiger partial charge on any atom is -0.323 e. The van der Waals surface area contributed by atoms with E-state index in [9.17, 15) is 9.59 Å². The number of nitrogens with zero attached hydrogens (tertiary/aromatic N) is 3. The molecule has 7 nitrogen and oxygen atoms in total. The average molecular weight is 356 g/mol. The van der Waals surface area contributed by atoms with Gasteiger partial charge in [0.1, 0.15) is 6.54 Å². The number of aromatic nitrogens is 3. The molecule has 0 spiro atoms. The van der Waals surface area contributed by atoms with Crippen molar-refractivity contribution in [2.45, 2.75) is 20.4 Å². The first kappa shape index (κ1) is 17.2. The standard InChI is InChI=1S/C14H15Cl2N5O2/c1-8(2)14(23)18-12-6-21(20-19-12)7-13(22)17-11-5-9(15)3-4-10(11)16/h3-6,8H,7H2,1-2H3,(H,17,22)(H,18,23). The highest BCUT2D eigenvalue weighted by atomic mass is 35.5. The van der Waals surface area contributed by atoms with E-state index in [2.05, 4.69) is 20.9 Å². The van der Waals surface area contributed by atoms with Gasteiger partial charge in [-0.25, -0.2) is 4.68 Å². The Hall–Kier alpha value is -2.12. The van der Waals surface area contributed by atoms with Gasteiger partial charge >= 0.3 is 0 Å². The predicted octanol–water partition coefficient (Wildman–Crippen LogP) is 2.82. The van der Waals surface area contributed by atoms with Gasteiger partial charge < -0.3 is 10.6 Å². The third-order valence-electron chi connectivity index (χ3n) is 2.82. The number of anilines is 2. The molecule has 0 bridgehead atoms. The van der Waals surface area contributed by atoms with Crippen LogP contribution in [0.5, 0.6) is 0 Å². The van der Waals surface area contributed by atoms with Gasteiger partial charge in [0, 0.05) is 10.9 Å². The fraction of sp³-hybridized carbons (Fsp3) is 0.286. The minimum absolute atomic E-state index is 0.0760.